The zero-order valence-corrected chi connectivity index (χ0v) is 9.89. The summed E-state index contributed by atoms with van der Waals surface area (Å²) in [6, 6.07) is 11.9. The molecule has 92 valence electrons. The number of aromatic nitrogens is 2. The monoisotopic (exact) mass is 242 g/mol. The maximum Gasteiger partial charge on any atom is 0.304 e. The van der Waals surface area contributed by atoms with Crippen LogP contribution in [0.5, 0.6) is 0 Å². The summed E-state index contributed by atoms with van der Waals surface area (Å²) in [5.41, 5.74) is 2.67. The summed E-state index contributed by atoms with van der Waals surface area (Å²) in [7, 11) is 0. The first-order valence-corrected chi connectivity index (χ1v) is 6.03. The maximum absolute atomic E-state index is 10.9. The molecule has 0 saturated heterocycles. The average Bonchev–Trinajstić information content (AvgIpc) is 2.96. The van der Waals surface area contributed by atoms with Crippen LogP contribution in [0, 0.1) is 0 Å². The largest absolute Gasteiger partial charge is 0.481 e. The van der Waals surface area contributed by atoms with Gasteiger partial charge in [0.1, 0.15) is 0 Å². The summed E-state index contributed by atoms with van der Waals surface area (Å²) >= 11 is 0. The first kappa shape index (κ1) is 11.0. The maximum atomic E-state index is 10.9. The molecule has 0 atom stereocenters. The van der Waals surface area contributed by atoms with Crippen LogP contribution >= 0.6 is 0 Å². The number of benzene rings is 1. The lowest BCUT2D eigenvalue weighted by molar-refractivity contribution is -0.137. The molecule has 2 aromatic rings. The highest BCUT2D eigenvalue weighted by atomic mass is 16.4. The Kier molecular flexibility index (Phi) is 2.44. The van der Waals surface area contributed by atoms with E-state index in [2.05, 4.69) is 10.2 Å². The van der Waals surface area contributed by atoms with Gasteiger partial charge in [-0.05, 0) is 18.9 Å². The van der Waals surface area contributed by atoms with Crippen molar-refractivity contribution < 1.29 is 9.90 Å². The Hall–Kier alpha value is -2.10. The van der Waals surface area contributed by atoms with Crippen molar-refractivity contribution >= 4 is 5.97 Å². The van der Waals surface area contributed by atoms with Crippen molar-refractivity contribution in [2.45, 2.75) is 24.7 Å². The Labute approximate surface area is 105 Å². The molecular formula is C14H14N2O2. The van der Waals surface area contributed by atoms with E-state index in [-0.39, 0.29) is 11.8 Å². The molecule has 1 saturated carbocycles. The number of carbonyl (C=O) groups is 1. The van der Waals surface area contributed by atoms with Crippen LogP contribution in [0.1, 0.15) is 25.0 Å². The van der Waals surface area contributed by atoms with Gasteiger partial charge in [-0.1, -0.05) is 30.3 Å². The van der Waals surface area contributed by atoms with E-state index in [1.807, 2.05) is 36.4 Å². The molecule has 0 spiro atoms. The summed E-state index contributed by atoms with van der Waals surface area (Å²) < 4.78 is 0. The van der Waals surface area contributed by atoms with Gasteiger partial charge in [0.15, 0.2) is 0 Å². The van der Waals surface area contributed by atoms with E-state index < -0.39 is 5.97 Å². The predicted molar refractivity (Wildman–Crippen MR) is 67.2 cm³/mol. The van der Waals surface area contributed by atoms with Gasteiger partial charge < -0.3 is 5.11 Å². The fourth-order valence-electron chi connectivity index (χ4n) is 2.33. The molecule has 3 rings (SSSR count). The summed E-state index contributed by atoms with van der Waals surface area (Å²) in [6.07, 6.45) is 2.04. The Bertz CT molecular complexity index is 570. The van der Waals surface area contributed by atoms with Crippen molar-refractivity contribution in [1.82, 2.24) is 10.2 Å². The van der Waals surface area contributed by atoms with Crippen LogP contribution in [-0.2, 0) is 10.2 Å². The highest BCUT2D eigenvalue weighted by Crippen LogP contribution is 2.50. The number of carboxylic acids is 1. The van der Waals surface area contributed by atoms with Crippen LogP contribution < -0.4 is 0 Å². The van der Waals surface area contributed by atoms with E-state index in [0.29, 0.717) is 0 Å². The quantitative estimate of drug-likeness (QED) is 0.866. The highest BCUT2D eigenvalue weighted by Gasteiger charge is 2.47. The third kappa shape index (κ3) is 1.90. The summed E-state index contributed by atoms with van der Waals surface area (Å²) in [4.78, 5) is 10.9. The fraction of sp³-hybridized carbons (Fsp3) is 0.286. The smallest absolute Gasteiger partial charge is 0.304 e. The number of aliphatic carboxylic acids is 1. The number of hydrogen-bond acceptors (Lipinski definition) is 2. The second-order valence-electron chi connectivity index (χ2n) is 4.88. The molecule has 1 aliphatic rings. The number of hydrogen-bond donors (Lipinski definition) is 2. The summed E-state index contributed by atoms with van der Waals surface area (Å²) in [6.45, 7) is 0. The van der Waals surface area contributed by atoms with E-state index in [1.165, 1.54) is 0 Å². The average molecular weight is 242 g/mol. The first-order valence-electron chi connectivity index (χ1n) is 6.03. The second-order valence-corrected chi connectivity index (χ2v) is 4.88. The molecule has 0 unspecified atom stereocenters. The summed E-state index contributed by atoms with van der Waals surface area (Å²) in [5.74, 6) is -0.747. The minimum absolute atomic E-state index is 0.184. The molecule has 18 heavy (non-hydrogen) atoms. The molecule has 1 aromatic heterocycles. The van der Waals surface area contributed by atoms with Gasteiger partial charge >= 0.3 is 5.97 Å². The SMILES string of the molecule is O=C(O)CC1(c2cc(-c3ccccc3)n[nH]2)CC1. The summed E-state index contributed by atoms with van der Waals surface area (Å²) in [5, 5.41) is 16.2. The number of aromatic amines is 1. The minimum atomic E-state index is -0.747. The van der Waals surface area contributed by atoms with Crippen LogP contribution in [-0.4, -0.2) is 21.3 Å². The highest BCUT2D eigenvalue weighted by molar-refractivity contribution is 5.70. The van der Waals surface area contributed by atoms with Gasteiger partial charge in [-0.25, -0.2) is 0 Å². The zero-order valence-electron chi connectivity index (χ0n) is 9.89. The van der Waals surface area contributed by atoms with Crippen LogP contribution in [0.4, 0.5) is 0 Å². The fourth-order valence-corrected chi connectivity index (χ4v) is 2.33. The van der Waals surface area contributed by atoms with Gasteiger partial charge in [-0.2, -0.15) is 5.10 Å². The van der Waals surface area contributed by atoms with Gasteiger partial charge in [0, 0.05) is 16.7 Å². The Morgan fingerprint density at radius 3 is 2.67 bits per heavy atom. The lowest BCUT2D eigenvalue weighted by Crippen LogP contribution is -2.13. The molecule has 0 amide bonds. The van der Waals surface area contributed by atoms with Crippen LogP contribution in [0.25, 0.3) is 11.3 Å². The van der Waals surface area contributed by atoms with E-state index in [9.17, 15) is 4.79 Å². The lowest BCUT2D eigenvalue weighted by atomic mass is 9.97. The van der Waals surface area contributed by atoms with Gasteiger partial charge in [0.25, 0.3) is 0 Å². The molecule has 2 N–H and O–H groups in total. The van der Waals surface area contributed by atoms with Crippen molar-refractivity contribution in [3.8, 4) is 11.3 Å². The van der Waals surface area contributed by atoms with Crippen molar-refractivity contribution in [3.05, 3.63) is 42.1 Å². The molecule has 1 heterocycles. The number of rotatable bonds is 4. The molecule has 1 aliphatic carbocycles. The van der Waals surface area contributed by atoms with Gasteiger partial charge in [-0.15, -0.1) is 0 Å². The van der Waals surface area contributed by atoms with E-state index in [1.54, 1.807) is 0 Å². The predicted octanol–water partition coefficient (Wildman–Crippen LogP) is 2.58. The van der Waals surface area contributed by atoms with E-state index >= 15 is 0 Å². The Morgan fingerprint density at radius 2 is 2.06 bits per heavy atom. The number of nitrogens with one attached hydrogen (secondary N) is 1. The molecule has 4 heteroatoms. The Balaban J connectivity index is 1.89. The third-order valence-corrected chi connectivity index (χ3v) is 3.56. The normalized spacial score (nSPS) is 16.4. The van der Waals surface area contributed by atoms with Crippen molar-refractivity contribution in [1.29, 1.82) is 0 Å². The lowest BCUT2D eigenvalue weighted by Gasteiger charge is -2.08. The van der Waals surface area contributed by atoms with E-state index in [0.717, 1.165) is 29.8 Å². The van der Waals surface area contributed by atoms with Gasteiger partial charge in [0.05, 0.1) is 12.1 Å². The standard InChI is InChI=1S/C14H14N2O2/c17-13(18)9-14(6-7-14)12-8-11(15-16-12)10-4-2-1-3-5-10/h1-5,8H,6-7,9H2,(H,15,16)(H,17,18). The van der Waals surface area contributed by atoms with Crippen molar-refractivity contribution in [2.75, 3.05) is 0 Å². The number of nitrogens with zero attached hydrogens (tertiary/aromatic N) is 1. The Morgan fingerprint density at radius 1 is 1.33 bits per heavy atom. The topological polar surface area (TPSA) is 66.0 Å². The second kappa shape index (κ2) is 3.98. The minimum Gasteiger partial charge on any atom is -0.481 e. The van der Waals surface area contributed by atoms with Crippen LogP contribution in [0.2, 0.25) is 0 Å². The molecule has 0 bridgehead atoms. The van der Waals surface area contributed by atoms with Crippen LogP contribution in [0.3, 0.4) is 0 Å². The van der Waals surface area contributed by atoms with Crippen molar-refractivity contribution in [3.63, 3.8) is 0 Å². The third-order valence-electron chi connectivity index (χ3n) is 3.56. The molecular weight excluding hydrogens is 228 g/mol. The van der Waals surface area contributed by atoms with E-state index in [4.69, 9.17) is 5.11 Å². The number of carboxylic acid groups (broad SMARTS) is 1. The van der Waals surface area contributed by atoms with Crippen molar-refractivity contribution in [2.24, 2.45) is 0 Å². The van der Waals surface area contributed by atoms with Crippen LogP contribution in [0.15, 0.2) is 36.4 Å². The molecule has 0 aliphatic heterocycles. The zero-order chi connectivity index (χ0) is 12.6. The first-order chi connectivity index (χ1) is 8.70. The molecule has 1 fully saturated rings. The molecule has 0 radical (unpaired) electrons. The molecule has 1 aromatic carbocycles. The number of H-pyrrole nitrogens is 1. The molecule has 4 nitrogen and oxygen atoms in total. The van der Waals surface area contributed by atoms with Gasteiger partial charge in [-0.3, -0.25) is 9.89 Å². The van der Waals surface area contributed by atoms with Gasteiger partial charge in [0.2, 0.25) is 0 Å².